The second kappa shape index (κ2) is 6.29. The topological polar surface area (TPSA) is 66.8 Å². The Morgan fingerprint density at radius 1 is 1.41 bits per heavy atom. The average Bonchev–Trinajstić information content (AvgIpc) is 2.85. The van der Waals surface area contributed by atoms with E-state index in [0.717, 1.165) is 10.5 Å². The second-order valence-corrected chi connectivity index (χ2v) is 5.62. The highest BCUT2D eigenvalue weighted by atomic mass is 19.3. The van der Waals surface area contributed by atoms with Gasteiger partial charge in [-0.05, 0) is 5.56 Å². The van der Waals surface area contributed by atoms with Crippen molar-refractivity contribution in [1.82, 2.24) is 4.90 Å². The van der Waals surface area contributed by atoms with Crippen molar-refractivity contribution in [3.63, 3.8) is 0 Å². The Hall–Kier alpha value is -2.18. The summed E-state index contributed by atoms with van der Waals surface area (Å²) in [5.74, 6) is -2.64. The number of carbonyl (C=O) groups excluding carboxylic acids is 1. The molecule has 0 radical (unpaired) electrons. The molecule has 2 atom stereocenters. The summed E-state index contributed by atoms with van der Waals surface area (Å²) in [6.45, 7) is 0.583. The van der Waals surface area contributed by atoms with Crippen molar-refractivity contribution in [3.05, 3.63) is 35.9 Å². The molecule has 120 valence electrons. The van der Waals surface area contributed by atoms with E-state index in [1.54, 1.807) is 24.3 Å². The third-order valence-electron chi connectivity index (χ3n) is 3.99. The first-order valence-corrected chi connectivity index (χ1v) is 6.81. The Morgan fingerprint density at radius 2 is 2.05 bits per heavy atom. The first-order chi connectivity index (χ1) is 10.3. The Bertz CT molecular complexity index is 552. The fourth-order valence-corrected chi connectivity index (χ4v) is 2.55. The molecule has 7 heteroatoms. The molecule has 5 nitrogen and oxygen atoms in total. The number of nitrogens with zero attached hydrogens (tertiary/aromatic N) is 1. The van der Waals surface area contributed by atoms with Gasteiger partial charge in [-0.3, -0.25) is 4.79 Å². The zero-order valence-corrected chi connectivity index (χ0v) is 12.0. The van der Waals surface area contributed by atoms with Gasteiger partial charge in [0.25, 0.3) is 0 Å². The van der Waals surface area contributed by atoms with E-state index >= 15 is 0 Å². The molecule has 1 fully saturated rings. The Morgan fingerprint density at radius 3 is 2.55 bits per heavy atom. The predicted octanol–water partition coefficient (Wildman–Crippen LogP) is 2.61. The van der Waals surface area contributed by atoms with E-state index in [4.69, 9.17) is 9.84 Å². The molecule has 0 aliphatic carbocycles. The lowest BCUT2D eigenvalue weighted by molar-refractivity contribution is -0.148. The summed E-state index contributed by atoms with van der Waals surface area (Å²) < 4.78 is 31.4. The van der Waals surface area contributed by atoms with Crippen molar-refractivity contribution in [1.29, 1.82) is 0 Å². The summed E-state index contributed by atoms with van der Waals surface area (Å²) in [6, 6.07) is 8.92. The highest BCUT2D eigenvalue weighted by Gasteiger charge is 2.54. The highest BCUT2D eigenvalue weighted by Crippen LogP contribution is 2.41. The molecule has 0 bridgehead atoms. The number of carboxylic acids is 1. The molecule has 1 N–H and O–H groups in total. The van der Waals surface area contributed by atoms with E-state index < -0.39 is 29.8 Å². The molecule has 2 rings (SSSR count). The van der Waals surface area contributed by atoms with Crippen molar-refractivity contribution in [2.24, 2.45) is 11.3 Å². The maximum absolute atomic E-state index is 13.2. The molecule has 0 aromatic heterocycles. The van der Waals surface area contributed by atoms with Gasteiger partial charge in [-0.1, -0.05) is 37.3 Å². The number of alkyl halides is 2. The van der Waals surface area contributed by atoms with Crippen LogP contribution in [0.25, 0.3) is 0 Å². The van der Waals surface area contributed by atoms with Gasteiger partial charge in [-0.15, -0.1) is 0 Å². The van der Waals surface area contributed by atoms with Crippen molar-refractivity contribution < 1.29 is 28.2 Å². The SMILES string of the molecule is CC1(C(F)F)CN(C(=O)OCc2ccccc2)CC1C(=O)O. The minimum atomic E-state index is -2.83. The third kappa shape index (κ3) is 3.18. The number of benzene rings is 1. The van der Waals surface area contributed by atoms with Gasteiger partial charge in [0.15, 0.2) is 0 Å². The smallest absolute Gasteiger partial charge is 0.410 e. The number of carbonyl (C=O) groups is 2. The Kier molecular flexibility index (Phi) is 4.63. The van der Waals surface area contributed by atoms with Crippen LogP contribution in [-0.2, 0) is 16.1 Å². The van der Waals surface area contributed by atoms with Gasteiger partial charge in [0.2, 0.25) is 6.43 Å². The van der Waals surface area contributed by atoms with Crippen LogP contribution < -0.4 is 0 Å². The molecule has 1 heterocycles. The van der Waals surface area contributed by atoms with Gasteiger partial charge in [-0.25, -0.2) is 13.6 Å². The van der Waals surface area contributed by atoms with Crippen molar-refractivity contribution in [2.45, 2.75) is 20.0 Å². The van der Waals surface area contributed by atoms with Gasteiger partial charge < -0.3 is 14.7 Å². The number of likely N-dealkylation sites (tertiary alicyclic amines) is 1. The molecule has 1 aromatic rings. The molecule has 1 aliphatic rings. The van der Waals surface area contributed by atoms with E-state index in [2.05, 4.69) is 0 Å². The van der Waals surface area contributed by atoms with Crippen LogP contribution in [0.5, 0.6) is 0 Å². The van der Waals surface area contributed by atoms with E-state index in [-0.39, 0.29) is 19.7 Å². The number of carboxylic acid groups (broad SMARTS) is 1. The van der Waals surface area contributed by atoms with Gasteiger partial charge in [0.1, 0.15) is 6.61 Å². The largest absolute Gasteiger partial charge is 0.481 e. The van der Waals surface area contributed by atoms with Crippen LogP contribution in [0.1, 0.15) is 12.5 Å². The number of hydrogen-bond donors (Lipinski definition) is 1. The van der Waals surface area contributed by atoms with Gasteiger partial charge in [0, 0.05) is 13.1 Å². The van der Waals surface area contributed by atoms with Crippen LogP contribution in [0.15, 0.2) is 30.3 Å². The van der Waals surface area contributed by atoms with Crippen LogP contribution in [-0.4, -0.2) is 41.6 Å². The standard InChI is InChI=1S/C15H17F2NO4/c1-15(13(16)17)9-18(7-11(15)12(19)20)14(21)22-8-10-5-3-2-4-6-10/h2-6,11,13H,7-9H2,1H3,(H,19,20). The summed E-state index contributed by atoms with van der Waals surface area (Å²) in [4.78, 5) is 24.2. The summed E-state index contributed by atoms with van der Waals surface area (Å²) in [6.07, 6.45) is -3.61. The molecule has 1 aromatic carbocycles. The molecule has 1 amide bonds. The second-order valence-electron chi connectivity index (χ2n) is 5.62. The highest BCUT2D eigenvalue weighted by molar-refractivity contribution is 5.75. The van der Waals surface area contributed by atoms with E-state index in [9.17, 15) is 18.4 Å². The molecule has 2 unspecified atom stereocenters. The number of aliphatic carboxylic acids is 1. The lowest BCUT2D eigenvalue weighted by Crippen LogP contribution is -2.38. The van der Waals surface area contributed by atoms with E-state index in [1.807, 2.05) is 6.07 Å². The van der Waals surface area contributed by atoms with Crippen molar-refractivity contribution in [3.8, 4) is 0 Å². The lowest BCUT2D eigenvalue weighted by Gasteiger charge is -2.26. The first kappa shape index (κ1) is 16.2. The fraction of sp³-hybridized carbons (Fsp3) is 0.467. The van der Waals surface area contributed by atoms with E-state index in [1.165, 1.54) is 6.92 Å². The first-order valence-electron chi connectivity index (χ1n) is 6.81. The number of ether oxygens (including phenoxy) is 1. The van der Waals surface area contributed by atoms with Gasteiger partial charge >= 0.3 is 12.1 Å². The van der Waals surface area contributed by atoms with Gasteiger partial charge in [0.05, 0.1) is 11.3 Å². The minimum absolute atomic E-state index is 0.0132. The van der Waals surface area contributed by atoms with Crippen LogP contribution in [0.4, 0.5) is 13.6 Å². The van der Waals surface area contributed by atoms with Gasteiger partial charge in [-0.2, -0.15) is 0 Å². The maximum atomic E-state index is 13.2. The molecular weight excluding hydrogens is 296 g/mol. The average molecular weight is 313 g/mol. The fourth-order valence-electron chi connectivity index (χ4n) is 2.55. The van der Waals surface area contributed by atoms with Crippen LogP contribution >= 0.6 is 0 Å². The van der Waals surface area contributed by atoms with E-state index in [0.29, 0.717) is 0 Å². The Labute approximate surface area is 126 Å². The molecule has 0 spiro atoms. The summed E-state index contributed by atoms with van der Waals surface area (Å²) in [5, 5.41) is 9.09. The van der Waals surface area contributed by atoms with Crippen LogP contribution in [0, 0.1) is 11.3 Å². The normalized spacial score (nSPS) is 24.5. The zero-order valence-electron chi connectivity index (χ0n) is 12.0. The lowest BCUT2D eigenvalue weighted by atomic mass is 9.80. The summed E-state index contributed by atoms with van der Waals surface area (Å²) >= 11 is 0. The van der Waals surface area contributed by atoms with Crippen LogP contribution in [0.3, 0.4) is 0 Å². The number of rotatable bonds is 4. The third-order valence-corrected chi connectivity index (χ3v) is 3.99. The van der Waals surface area contributed by atoms with Crippen LogP contribution in [0.2, 0.25) is 0 Å². The van der Waals surface area contributed by atoms with Crippen molar-refractivity contribution >= 4 is 12.1 Å². The zero-order chi connectivity index (χ0) is 16.3. The predicted molar refractivity (Wildman–Crippen MR) is 73.4 cm³/mol. The quantitative estimate of drug-likeness (QED) is 0.928. The number of amides is 1. The molecule has 0 saturated carbocycles. The summed E-state index contributed by atoms with van der Waals surface area (Å²) in [5.41, 5.74) is -1.00. The number of halogens is 2. The molecule has 22 heavy (non-hydrogen) atoms. The molecule has 1 saturated heterocycles. The molecule has 1 aliphatic heterocycles. The van der Waals surface area contributed by atoms with Crippen molar-refractivity contribution in [2.75, 3.05) is 13.1 Å². The minimum Gasteiger partial charge on any atom is -0.481 e. The summed E-state index contributed by atoms with van der Waals surface area (Å²) in [7, 11) is 0. The molecular formula is C15H17F2NO4. The maximum Gasteiger partial charge on any atom is 0.410 e. The monoisotopic (exact) mass is 313 g/mol. The Balaban J connectivity index is 2.01. The number of hydrogen-bond acceptors (Lipinski definition) is 3.